The Morgan fingerprint density at radius 1 is 0.167 bits per heavy atom. The molecule has 0 aromatic rings. The van der Waals surface area contributed by atoms with E-state index in [2.05, 4.69) is 27.7 Å². The first-order chi connectivity index (χ1) is 32.7. The molecule has 0 saturated carbocycles. The number of rotatable bonds is 54. The molecular formula is C62H128S3Sn. The summed E-state index contributed by atoms with van der Waals surface area (Å²) in [7, 11) is 0. The van der Waals surface area contributed by atoms with Crippen molar-refractivity contribution < 1.29 is 0 Å². The molecule has 4 heteroatoms. The maximum atomic E-state index is 4.95. The minimum absolute atomic E-state index is 0.957. The van der Waals surface area contributed by atoms with E-state index in [4.69, 9.17) is 37.9 Å². The second-order valence-corrected chi connectivity index (χ2v) is 23.2. The molecule has 0 spiro atoms. The second-order valence-electron chi connectivity index (χ2n) is 20.5. The van der Waals surface area contributed by atoms with Crippen molar-refractivity contribution in [2.75, 3.05) is 17.3 Å². The summed E-state index contributed by atoms with van der Waals surface area (Å²) in [4.78, 5) is 0. The van der Waals surface area contributed by atoms with Gasteiger partial charge in [-0.1, -0.05) is 329 Å². The van der Waals surface area contributed by atoms with Gasteiger partial charge in [-0.2, -0.15) is 17.3 Å². The Balaban J connectivity index is -0.000000400. The van der Waals surface area contributed by atoms with Crippen LogP contribution in [-0.2, 0) is 37.9 Å². The van der Waals surface area contributed by atoms with Gasteiger partial charge in [-0.25, -0.2) is 0 Å². The predicted octanol–water partition coefficient (Wildman–Crippen LogP) is 23.3. The molecule has 0 atom stereocenters. The first-order valence-corrected chi connectivity index (χ1v) is 34.8. The van der Waals surface area contributed by atoms with Crippen LogP contribution in [-0.4, -0.2) is 39.8 Å². The molecule has 0 radical (unpaired) electrons. The van der Waals surface area contributed by atoms with Gasteiger partial charge in [0.05, 0.1) is 0 Å². The van der Waals surface area contributed by atoms with Gasteiger partial charge in [-0.15, -0.1) is 0 Å². The molecule has 0 rings (SSSR count). The van der Waals surface area contributed by atoms with Gasteiger partial charge in [-0.05, 0) is 0 Å². The fourth-order valence-electron chi connectivity index (χ4n) is 8.86. The Bertz CT molecular complexity index is 570. The van der Waals surface area contributed by atoms with Crippen molar-refractivity contribution in [3.63, 3.8) is 0 Å². The molecule has 0 bridgehead atoms. The molecule has 0 nitrogen and oxygen atoms in total. The molecule has 0 N–H and O–H groups in total. The van der Waals surface area contributed by atoms with Gasteiger partial charge in [0.2, 0.25) is 0 Å². The minimum atomic E-state index is 0.957. The van der Waals surface area contributed by atoms with E-state index in [1.807, 2.05) is 0 Å². The Morgan fingerprint density at radius 2 is 0.273 bits per heavy atom. The van der Waals surface area contributed by atoms with E-state index in [1.54, 1.807) is 22.5 Å². The Labute approximate surface area is 453 Å². The average Bonchev–Trinajstić information content (AvgIpc) is 3.33. The first-order valence-electron chi connectivity index (χ1n) is 31.0. The van der Waals surface area contributed by atoms with Crippen molar-refractivity contribution in [3.05, 3.63) is 0 Å². The topological polar surface area (TPSA) is 0 Å². The van der Waals surface area contributed by atoms with E-state index in [1.165, 1.54) is 351 Å². The van der Waals surface area contributed by atoms with Crippen LogP contribution in [0.2, 0.25) is 4.44 Å². The van der Waals surface area contributed by atoms with Crippen molar-refractivity contribution in [2.45, 2.75) is 379 Å². The molecule has 66 heavy (non-hydrogen) atoms. The van der Waals surface area contributed by atoms with Crippen LogP contribution in [0.4, 0.5) is 0 Å². The fraction of sp³-hybridized carbons (Fsp3) is 1.00. The molecule has 0 heterocycles. The molecule has 398 valence electrons. The third-order valence-electron chi connectivity index (χ3n) is 13.5. The number of unbranched alkanes of at least 4 members (excludes halogenated alkanes) is 50. The van der Waals surface area contributed by atoms with Crippen LogP contribution < -0.4 is 0 Å². The fourth-order valence-corrected chi connectivity index (χ4v) is 10.2. The normalized spacial score (nSPS) is 10.9. The van der Waals surface area contributed by atoms with E-state index in [0.717, 1.165) is 17.3 Å². The number of hydrogen-bond acceptors (Lipinski definition) is 3. The number of hydrogen-bond donors (Lipinski definition) is 0. The van der Waals surface area contributed by atoms with E-state index in [0.29, 0.717) is 0 Å². The van der Waals surface area contributed by atoms with Gasteiger partial charge in [-0.3, -0.25) is 0 Å². The summed E-state index contributed by atoms with van der Waals surface area (Å²) >= 11 is 16.6. The van der Waals surface area contributed by atoms with E-state index in [-0.39, 0.29) is 0 Å². The van der Waals surface area contributed by atoms with Crippen molar-refractivity contribution in [2.24, 2.45) is 0 Å². The van der Waals surface area contributed by atoms with Gasteiger partial charge in [0.15, 0.2) is 0 Å². The summed E-state index contributed by atoms with van der Waals surface area (Å²) in [5.74, 6) is 2.87. The second kappa shape index (κ2) is 80.9. The molecule has 0 saturated heterocycles. The Kier molecular flexibility index (Phi) is 91.2. The molecule has 0 aliphatic carbocycles. The Morgan fingerprint density at radius 3 is 0.379 bits per heavy atom. The van der Waals surface area contributed by atoms with Crippen LogP contribution in [0.5, 0.6) is 0 Å². The zero-order valence-corrected chi connectivity index (χ0v) is 52.0. The van der Waals surface area contributed by atoms with Crippen LogP contribution in [0.15, 0.2) is 0 Å². The summed E-state index contributed by atoms with van der Waals surface area (Å²) in [5, 5.41) is 0. The van der Waals surface area contributed by atoms with Gasteiger partial charge in [0.1, 0.15) is 0 Å². The van der Waals surface area contributed by atoms with Gasteiger partial charge < -0.3 is 37.9 Å². The Hall–Kier alpha value is 1.85. The standard InChI is InChI=1S/3C18H38S.C8H17.Sn/c3*1-2-3-4-5-6-7-8-9-10-11-12-13-14-15-16-17-18-19;1-3-5-7-8-6-4-2;/h3*19H,2-18H2,1H3;1,3-8H2,2H3;/q;;;;+3/p-3. The van der Waals surface area contributed by atoms with Crippen LogP contribution in [0.1, 0.15) is 374 Å². The third-order valence-corrected chi connectivity index (χ3v) is 15.4. The zero-order valence-electron chi connectivity index (χ0n) is 46.7. The summed E-state index contributed by atoms with van der Waals surface area (Å²) < 4.78 is 1.46. The van der Waals surface area contributed by atoms with Crippen LogP contribution in [0.3, 0.4) is 0 Å². The van der Waals surface area contributed by atoms with Gasteiger partial charge in [0, 0.05) is 0 Å². The zero-order chi connectivity index (χ0) is 49.0. The third kappa shape index (κ3) is 88.8. The van der Waals surface area contributed by atoms with Crippen molar-refractivity contribution in [1.29, 1.82) is 0 Å². The van der Waals surface area contributed by atoms with Crippen molar-refractivity contribution in [3.8, 4) is 0 Å². The first kappa shape index (κ1) is 74.4. The summed E-state index contributed by atoms with van der Waals surface area (Å²) in [6, 6.07) is 0. The van der Waals surface area contributed by atoms with Crippen LogP contribution in [0, 0.1) is 0 Å². The van der Waals surface area contributed by atoms with Crippen molar-refractivity contribution >= 4 is 60.4 Å². The molecule has 0 aliphatic heterocycles. The molecule has 0 fully saturated rings. The monoisotopic (exact) mass is 1090 g/mol. The molecule has 0 aromatic carbocycles. The van der Waals surface area contributed by atoms with Crippen molar-refractivity contribution in [1.82, 2.24) is 0 Å². The van der Waals surface area contributed by atoms with Gasteiger partial charge in [0.25, 0.3) is 0 Å². The molecule has 0 aliphatic rings. The van der Waals surface area contributed by atoms with E-state index >= 15 is 0 Å². The van der Waals surface area contributed by atoms with Crippen LogP contribution >= 0.6 is 0 Å². The van der Waals surface area contributed by atoms with E-state index in [9.17, 15) is 0 Å². The molecule has 0 aromatic heterocycles. The van der Waals surface area contributed by atoms with Crippen LogP contribution in [0.25, 0.3) is 0 Å². The predicted molar refractivity (Wildman–Crippen MR) is 319 cm³/mol. The quantitative estimate of drug-likeness (QED) is 0.0338. The SMILES string of the molecule is CCCCCCCCCCCCCCCCCC[S-].CCCCCCCCCCCCCCCCCC[S-].CCCCCCCCCCCCCCCCCC[S-].CCCCCCC[CH2][Sn+3]. The molecule has 0 amide bonds. The average molecular weight is 1090 g/mol. The summed E-state index contributed by atoms with van der Waals surface area (Å²) in [6.45, 7) is 9.14. The summed E-state index contributed by atoms with van der Waals surface area (Å²) in [6.07, 6.45) is 77.6. The van der Waals surface area contributed by atoms with Gasteiger partial charge >= 0.3 is 72.4 Å². The van der Waals surface area contributed by atoms with E-state index < -0.39 is 0 Å². The maximum absolute atomic E-state index is 4.95. The summed E-state index contributed by atoms with van der Waals surface area (Å²) in [5.41, 5.74) is 0. The molecule has 0 unspecified atom stereocenters. The molecular weight excluding hydrogens is 960 g/mol.